The molecule has 0 spiro atoms. The number of carbonyl (C=O) groups is 1. The molecule has 3 atom stereocenters. The highest BCUT2D eigenvalue weighted by molar-refractivity contribution is 5.81. The average molecular weight is 267 g/mol. The summed E-state index contributed by atoms with van der Waals surface area (Å²) in [5.41, 5.74) is 0. The molecule has 2 fully saturated rings. The summed E-state index contributed by atoms with van der Waals surface area (Å²) < 4.78 is 0. The predicted octanol–water partition coefficient (Wildman–Crippen LogP) is 1.36. The fourth-order valence-electron chi connectivity index (χ4n) is 2.98. The van der Waals surface area contributed by atoms with Crippen LogP contribution in [0.25, 0.3) is 0 Å². The Labute approximate surface area is 117 Å². The van der Waals surface area contributed by atoms with Crippen molar-refractivity contribution in [2.75, 3.05) is 13.1 Å². The molecule has 1 saturated carbocycles. The lowest BCUT2D eigenvalue weighted by Crippen LogP contribution is -2.48. The normalized spacial score (nSPS) is 29.7. The summed E-state index contributed by atoms with van der Waals surface area (Å²) in [6, 6.07) is 1.87. The van der Waals surface area contributed by atoms with Gasteiger partial charge in [-0.05, 0) is 39.0 Å². The average Bonchev–Trinajstić information content (AvgIpc) is 3.11. The third-order valence-electron chi connectivity index (χ3n) is 4.20. The molecule has 4 heteroatoms. The Balaban J connectivity index is 1.73. The molecule has 0 aromatic heterocycles. The van der Waals surface area contributed by atoms with Crippen LogP contribution in [0.2, 0.25) is 0 Å². The maximum Gasteiger partial charge on any atom is 0.236 e. The van der Waals surface area contributed by atoms with Gasteiger partial charge in [0.1, 0.15) is 0 Å². The van der Waals surface area contributed by atoms with E-state index in [4.69, 9.17) is 0 Å². The molecule has 0 aromatic rings. The summed E-state index contributed by atoms with van der Waals surface area (Å²) in [6.45, 7) is 10.4. The molecule has 0 radical (unpaired) electrons. The van der Waals surface area contributed by atoms with Crippen molar-refractivity contribution in [1.82, 2.24) is 15.5 Å². The summed E-state index contributed by atoms with van der Waals surface area (Å²) in [4.78, 5) is 14.6. The largest absolute Gasteiger partial charge is 0.354 e. The second-order valence-electron chi connectivity index (χ2n) is 6.74. The number of likely N-dealkylation sites (tertiary alicyclic amines) is 1. The molecule has 1 aliphatic carbocycles. The molecular formula is C15H29N3O. The van der Waals surface area contributed by atoms with Crippen LogP contribution in [-0.2, 0) is 4.79 Å². The highest BCUT2D eigenvalue weighted by Gasteiger charge is 2.39. The van der Waals surface area contributed by atoms with Gasteiger partial charge in [0.05, 0.1) is 6.04 Å². The Morgan fingerprint density at radius 2 is 2.00 bits per heavy atom. The Kier molecular flexibility index (Phi) is 4.85. The van der Waals surface area contributed by atoms with E-state index in [9.17, 15) is 4.79 Å². The van der Waals surface area contributed by atoms with Crippen LogP contribution in [-0.4, -0.2) is 48.1 Å². The third-order valence-corrected chi connectivity index (χ3v) is 4.20. The Morgan fingerprint density at radius 1 is 1.32 bits per heavy atom. The van der Waals surface area contributed by atoms with Crippen molar-refractivity contribution in [2.24, 2.45) is 5.92 Å². The van der Waals surface area contributed by atoms with E-state index < -0.39 is 0 Å². The van der Waals surface area contributed by atoms with Crippen molar-refractivity contribution in [3.8, 4) is 0 Å². The van der Waals surface area contributed by atoms with Crippen LogP contribution in [0.15, 0.2) is 0 Å². The van der Waals surface area contributed by atoms with Gasteiger partial charge in [-0.25, -0.2) is 0 Å². The number of nitrogens with one attached hydrogen (secondary N) is 2. The maximum atomic E-state index is 12.0. The predicted molar refractivity (Wildman–Crippen MR) is 78.0 cm³/mol. The molecule has 0 bridgehead atoms. The van der Waals surface area contributed by atoms with E-state index in [1.807, 2.05) is 6.92 Å². The molecule has 3 unspecified atom stereocenters. The molecule has 0 aromatic carbocycles. The summed E-state index contributed by atoms with van der Waals surface area (Å²) in [5.74, 6) is 0.638. The minimum absolute atomic E-state index is 0.0879. The molecule has 1 saturated heterocycles. The van der Waals surface area contributed by atoms with Gasteiger partial charge >= 0.3 is 0 Å². The zero-order valence-corrected chi connectivity index (χ0v) is 12.8. The van der Waals surface area contributed by atoms with E-state index in [1.165, 1.54) is 12.8 Å². The van der Waals surface area contributed by atoms with Crippen molar-refractivity contribution < 1.29 is 4.79 Å². The van der Waals surface area contributed by atoms with Crippen molar-refractivity contribution in [1.29, 1.82) is 0 Å². The van der Waals surface area contributed by atoms with E-state index >= 15 is 0 Å². The Bertz CT molecular complexity index is 315. The van der Waals surface area contributed by atoms with Gasteiger partial charge in [0.25, 0.3) is 0 Å². The van der Waals surface area contributed by atoms with Crippen LogP contribution in [0.1, 0.15) is 47.0 Å². The lowest BCUT2D eigenvalue weighted by molar-refractivity contribution is -0.123. The molecule has 1 aliphatic heterocycles. The summed E-state index contributed by atoms with van der Waals surface area (Å²) >= 11 is 0. The maximum absolute atomic E-state index is 12.0. The Hall–Kier alpha value is -0.610. The topological polar surface area (TPSA) is 44.4 Å². The van der Waals surface area contributed by atoms with E-state index in [1.54, 1.807) is 0 Å². The first kappa shape index (κ1) is 14.8. The van der Waals surface area contributed by atoms with Gasteiger partial charge in [0.2, 0.25) is 5.91 Å². The fraction of sp³-hybridized carbons (Fsp3) is 0.933. The SMILES string of the molecule is CC(C)CNC(=O)C(C)NC1CC(C)N(C2CC2)C1. The molecule has 1 amide bonds. The van der Waals surface area contributed by atoms with Gasteiger partial charge in [-0.3, -0.25) is 9.69 Å². The zero-order chi connectivity index (χ0) is 14.0. The lowest BCUT2D eigenvalue weighted by atomic mass is 10.1. The van der Waals surface area contributed by atoms with E-state index in [0.29, 0.717) is 18.0 Å². The quantitative estimate of drug-likeness (QED) is 0.764. The van der Waals surface area contributed by atoms with Gasteiger partial charge in [0.15, 0.2) is 0 Å². The van der Waals surface area contributed by atoms with E-state index in [2.05, 4.69) is 36.3 Å². The number of hydrogen-bond acceptors (Lipinski definition) is 3. The van der Waals surface area contributed by atoms with Gasteiger partial charge in [-0.15, -0.1) is 0 Å². The van der Waals surface area contributed by atoms with Crippen LogP contribution in [0.3, 0.4) is 0 Å². The number of hydrogen-bond donors (Lipinski definition) is 2. The molecule has 110 valence electrons. The van der Waals surface area contributed by atoms with Gasteiger partial charge < -0.3 is 10.6 Å². The highest BCUT2D eigenvalue weighted by atomic mass is 16.2. The molecule has 4 nitrogen and oxygen atoms in total. The van der Waals surface area contributed by atoms with Crippen LogP contribution >= 0.6 is 0 Å². The minimum atomic E-state index is -0.0879. The van der Waals surface area contributed by atoms with E-state index in [0.717, 1.165) is 25.6 Å². The number of nitrogens with zero attached hydrogens (tertiary/aromatic N) is 1. The number of amides is 1. The summed E-state index contributed by atoms with van der Waals surface area (Å²) in [5, 5.41) is 6.49. The lowest BCUT2D eigenvalue weighted by Gasteiger charge is -2.21. The molecule has 19 heavy (non-hydrogen) atoms. The second kappa shape index (κ2) is 6.23. The first-order valence-electron chi connectivity index (χ1n) is 7.77. The Morgan fingerprint density at radius 3 is 2.58 bits per heavy atom. The zero-order valence-electron chi connectivity index (χ0n) is 12.8. The summed E-state index contributed by atoms with van der Waals surface area (Å²) in [7, 11) is 0. The number of carbonyl (C=O) groups excluding carboxylic acids is 1. The number of rotatable bonds is 6. The van der Waals surface area contributed by atoms with Crippen LogP contribution < -0.4 is 10.6 Å². The molecule has 2 aliphatic rings. The molecular weight excluding hydrogens is 238 g/mol. The van der Waals surface area contributed by atoms with E-state index in [-0.39, 0.29) is 11.9 Å². The van der Waals surface area contributed by atoms with Crippen molar-refractivity contribution in [2.45, 2.75) is 71.1 Å². The first-order valence-corrected chi connectivity index (χ1v) is 7.77. The molecule has 2 rings (SSSR count). The monoisotopic (exact) mass is 267 g/mol. The van der Waals surface area contributed by atoms with Gasteiger partial charge in [0, 0.05) is 31.2 Å². The minimum Gasteiger partial charge on any atom is -0.354 e. The molecule has 1 heterocycles. The third kappa shape index (κ3) is 4.18. The van der Waals surface area contributed by atoms with Crippen LogP contribution in [0.4, 0.5) is 0 Å². The fourth-order valence-corrected chi connectivity index (χ4v) is 2.98. The summed E-state index contributed by atoms with van der Waals surface area (Å²) in [6.07, 6.45) is 3.89. The van der Waals surface area contributed by atoms with Crippen molar-refractivity contribution >= 4 is 5.91 Å². The smallest absolute Gasteiger partial charge is 0.236 e. The second-order valence-corrected chi connectivity index (χ2v) is 6.74. The van der Waals surface area contributed by atoms with Crippen molar-refractivity contribution in [3.63, 3.8) is 0 Å². The van der Waals surface area contributed by atoms with Crippen LogP contribution in [0.5, 0.6) is 0 Å². The van der Waals surface area contributed by atoms with Crippen molar-refractivity contribution in [3.05, 3.63) is 0 Å². The van der Waals surface area contributed by atoms with Gasteiger partial charge in [-0.2, -0.15) is 0 Å². The van der Waals surface area contributed by atoms with Gasteiger partial charge in [-0.1, -0.05) is 13.8 Å². The first-order chi connectivity index (χ1) is 8.97. The highest BCUT2D eigenvalue weighted by Crippen LogP contribution is 2.33. The van der Waals surface area contributed by atoms with Crippen LogP contribution in [0, 0.1) is 5.92 Å². The standard InChI is InChI=1S/C15H29N3O/c1-10(2)8-16-15(19)12(4)17-13-7-11(3)18(9-13)14-5-6-14/h10-14,17H,5-9H2,1-4H3,(H,16,19). The molecule has 2 N–H and O–H groups in total.